The van der Waals surface area contributed by atoms with Crippen molar-refractivity contribution in [3.05, 3.63) is 63.6 Å². The lowest BCUT2D eigenvalue weighted by Gasteiger charge is -2.14. The van der Waals surface area contributed by atoms with E-state index in [0.717, 1.165) is 16.9 Å². The second-order valence-electron chi connectivity index (χ2n) is 4.32. The number of hydrogen-bond acceptors (Lipinski definition) is 2. The third-order valence-corrected chi connectivity index (χ3v) is 3.55. The summed E-state index contributed by atoms with van der Waals surface area (Å²) >= 11 is 12.1. The molecule has 0 aromatic heterocycles. The normalized spacial score (nSPS) is 12.2. The topological polar surface area (TPSA) is 35.2 Å². The van der Waals surface area contributed by atoms with Gasteiger partial charge in [0, 0.05) is 16.1 Å². The van der Waals surface area contributed by atoms with Gasteiger partial charge in [-0.2, -0.15) is 0 Å². The van der Waals surface area contributed by atoms with Crippen molar-refractivity contribution in [3.63, 3.8) is 0 Å². The Morgan fingerprint density at radius 2 is 1.79 bits per heavy atom. The highest BCUT2D eigenvalue weighted by Crippen LogP contribution is 2.27. The van der Waals surface area contributed by atoms with E-state index in [1.165, 1.54) is 0 Å². The van der Waals surface area contributed by atoms with E-state index in [4.69, 9.17) is 33.7 Å². The third-order valence-electron chi connectivity index (χ3n) is 2.97. The summed E-state index contributed by atoms with van der Waals surface area (Å²) in [5.74, 6) is 0.832. The number of ether oxygens (including phenoxy) is 1. The van der Waals surface area contributed by atoms with Crippen LogP contribution in [0, 0.1) is 0 Å². The Balaban J connectivity index is 2.15. The summed E-state index contributed by atoms with van der Waals surface area (Å²) in [4.78, 5) is 0. The Hall–Kier alpha value is -1.22. The first kappa shape index (κ1) is 14.2. The molecule has 19 heavy (non-hydrogen) atoms. The van der Waals surface area contributed by atoms with Gasteiger partial charge in [-0.15, -0.1) is 0 Å². The molecule has 2 aromatic carbocycles. The molecule has 0 saturated carbocycles. The molecule has 0 spiro atoms. The predicted octanol–water partition coefficient (Wildman–Crippen LogP) is 4.24. The molecule has 1 atom stereocenters. The van der Waals surface area contributed by atoms with Gasteiger partial charge < -0.3 is 10.5 Å². The van der Waals surface area contributed by atoms with Gasteiger partial charge in [0.2, 0.25) is 0 Å². The standard InChI is InChI=1S/C15H15Cl2NO/c1-19-12-5-2-10(3-6-12)8-15(18)13-9-11(16)4-7-14(13)17/h2-7,9,15H,8,18H2,1H3. The lowest BCUT2D eigenvalue weighted by atomic mass is 9.99. The molecule has 0 fully saturated rings. The summed E-state index contributed by atoms with van der Waals surface area (Å²) < 4.78 is 5.12. The van der Waals surface area contributed by atoms with E-state index in [9.17, 15) is 0 Å². The molecule has 0 aliphatic heterocycles. The maximum absolute atomic E-state index is 6.19. The fourth-order valence-electron chi connectivity index (χ4n) is 1.92. The monoisotopic (exact) mass is 295 g/mol. The van der Waals surface area contributed by atoms with Crippen molar-refractivity contribution >= 4 is 23.2 Å². The van der Waals surface area contributed by atoms with Gasteiger partial charge in [-0.25, -0.2) is 0 Å². The van der Waals surface area contributed by atoms with E-state index in [1.807, 2.05) is 30.3 Å². The molecule has 0 aliphatic rings. The maximum Gasteiger partial charge on any atom is 0.118 e. The number of methoxy groups -OCH3 is 1. The van der Waals surface area contributed by atoms with Crippen LogP contribution >= 0.6 is 23.2 Å². The average molecular weight is 296 g/mol. The van der Waals surface area contributed by atoms with Gasteiger partial charge in [0.1, 0.15) is 5.75 Å². The van der Waals surface area contributed by atoms with Crippen LogP contribution in [0.15, 0.2) is 42.5 Å². The van der Waals surface area contributed by atoms with Crippen LogP contribution in [0.2, 0.25) is 10.0 Å². The number of halogens is 2. The van der Waals surface area contributed by atoms with Crippen LogP contribution in [0.4, 0.5) is 0 Å². The van der Waals surface area contributed by atoms with Crippen molar-refractivity contribution in [2.75, 3.05) is 7.11 Å². The zero-order chi connectivity index (χ0) is 13.8. The molecular weight excluding hydrogens is 281 g/mol. The Kier molecular flexibility index (Phi) is 4.70. The molecule has 0 heterocycles. The van der Waals surface area contributed by atoms with Gasteiger partial charge in [0.15, 0.2) is 0 Å². The second kappa shape index (κ2) is 6.29. The van der Waals surface area contributed by atoms with Crippen LogP contribution in [0.5, 0.6) is 5.75 Å². The minimum absolute atomic E-state index is 0.181. The molecule has 2 N–H and O–H groups in total. The summed E-state index contributed by atoms with van der Waals surface area (Å²) in [7, 11) is 1.65. The van der Waals surface area contributed by atoms with E-state index in [2.05, 4.69) is 0 Å². The summed E-state index contributed by atoms with van der Waals surface area (Å²) in [5, 5.41) is 1.29. The van der Waals surface area contributed by atoms with Gasteiger partial charge in [0.05, 0.1) is 7.11 Å². The molecule has 2 rings (SSSR count). The zero-order valence-corrected chi connectivity index (χ0v) is 12.1. The van der Waals surface area contributed by atoms with Gasteiger partial charge in [-0.05, 0) is 47.9 Å². The first-order chi connectivity index (χ1) is 9.10. The summed E-state index contributed by atoms with van der Waals surface area (Å²) in [6, 6.07) is 13.0. The highest BCUT2D eigenvalue weighted by atomic mass is 35.5. The Bertz CT molecular complexity index is 555. The van der Waals surface area contributed by atoms with E-state index in [-0.39, 0.29) is 6.04 Å². The van der Waals surface area contributed by atoms with E-state index in [1.54, 1.807) is 19.2 Å². The summed E-state index contributed by atoms with van der Waals surface area (Å²) in [5.41, 5.74) is 8.19. The number of hydrogen-bond donors (Lipinski definition) is 1. The molecule has 1 unspecified atom stereocenters. The van der Waals surface area contributed by atoms with E-state index >= 15 is 0 Å². The van der Waals surface area contributed by atoms with Gasteiger partial charge in [-0.3, -0.25) is 0 Å². The summed E-state index contributed by atoms with van der Waals surface area (Å²) in [6.07, 6.45) is 0.698. The number of benzene rings is 2. The van der Waals surface area contributed by atoms with Crippen molar-refractivity contribution in [3.8, 4) is 5.75 Å². The van der Waals surface area contributed by atoms with Gasteiger partial charge in [-0.1, -0.05) is 35.3 Å². The van der Waals surface area contributed by atoms with Gasteiger partial charge >= 0.3 is 0 Å². The lowest BCUT2D eigenvalue weighted by Crippen LogP contribution is -2.13. The lowest BCUT2D eigenvalue weighted by molar-refractivity contribution is 0.414. The second-order valence-corrected chi connectivity index (χ2v) is 5.17. The maximum atomic E-state index is 6.19. The molecule has 0 radical (unpaired) electrons. The van der Waals surface area contributed by atoms with Crippen LogP contribution in [0.3, 0.4) is 0 Å². The van der Waals surface area contributed by atoms with Crippen molar-refractivity contribution in [2.45, 2.75) is 12.5 Å². The summed E-state index contributed by atoms with van der Waals surface area (Å²) in [6.45, 7) is 0. The Labute approximate surface area is 123 Å². The Morgan fingerprint density at radius 1 is 1.11 bits per heavy atom. The highest BCUT2D eigenvalue weighted by Gasteiger charge is 2.11. The van der Waals surface area contributed by atoms with Crippen LogP contribution in [-0.2, 0) is 6.42 Å². The minimum Gasteiger partial charge on any atom is -0.497 e. The first-order valence-corrected chi connectivity index (χ1v) is 6.69. The molecule has 2 aromatic rings. The molecule has 4 heteroatoms. The fourth-order valence-corrected chi connectivity index (χ4v) is 2.36. The molecule has 0 bridgehead atoms. The zero-order valence-electron chi connectivity index (χ0n) is 10.6. The molecule has 0 amide bonds. The van der Waals surface area contributed by atoms with Crippen LogP contribution < -0.4 is 10.5 Å². The SMILES string of the molecule is COc1ccc(CC(N)c2cc(Cl)ccc2Cl)cc1. The highest BCUT2D eigenvalue weighted by molar-refractivity contribution is 6.33. The predicted molar refractivity (Wildman–Crippen MR) is 80.1 cm³/mol. The number of nitrogens with two attached hydrogens (primary N) is 1. The van der Waals surface area contributed by atoms with Crippen molar-refractivity contribution < 1.29 is 4.74 Å². The quantitative estimate of drug-likeness (QED) is 0.915. The smallest absolute Gasteiger partial charge is 0.118 e. The average Bonchev–Trinajstić information content (AvgIpc) is 2.42. The Morgan fingerprint density at radius 3 is 2.42 bits per heavy atom. The van der Waals surface area contributed by atoms with Crippen molar-refractivity contribution in [1.29, 1.82) is 0 Å². The van der Waals surface area contributed by atoms with Crippen molar-refractivity contribution in [1.82, 2.24) is 0 Å². The molecular formula is C15H15Cl2NO. The fraction of sp³-hybridized carbons (Fsp3) is 0.200. The van der Waals surface area contributed by atoms with Gasteiger partial charge in [0.25, 0.3) is 0 Å². The minimum atomic E-state index is -0.181. The first-order valence-electron chi connectivity index (χ1n) is 5.93. The third kappa shape index (κ3) is 3.63. The van der Waals surface area contributed by atoms with Crippen LogP contribution in [0.25, 0.3) is 0 Å². The van der Waals surface area contributed by atoms with E-state index < -0.39 is 0 Å². The number of rotatable bonds is 4. The van der Waals surface area contributed by atoms with Crippen LogP contribution in [-0.4, -0.2) is 7.11 Å². The largest absolute Gasteiger partial charge is 0.497 e. The van der Waals surface area contributed by atoms with Crippen LogP contribution in [0.1, 0.15) is 17.2 Å². The molecule has 0 saturated heterocycles. The molecule has 100 valence electrons. The molecule has 0 aliphatic carbocycles. The molecule has 2 nitrogen and oxygen atoms in total. The van der Waals surface area contributed by atoms with Crippen molar-refractivity contribution in [2.24, 2.45) is 5.73 Å². The van der Waals surface area contributed by atoms with E-state index in [0.29, 0.717) is 16.5 Å².